The van der Waals surface area contributed by atoms with Crippen molar-refractivity contribution in [3.8, 4) is 11.3 Å². The van der Waals surface area contributed by atoms with Crippen LogP contribution in [0, 0.1) is 0 Å². The van der Waals surface area contributed by atoms with Crippen LogP contribution in [0.1, 0.15) is 10.5 Å². The standard InChI is InChI=1S/C18H14N6O.ClH/c19-15-5-3-4-13(21-15)12-7-9-24-11-14(22-17(24)10-12)18(25)23-16-6-1-2-8-20-16;/h1-11H,(H2,19,21)(H,20,23,25);1H. The molecule has 0 aromatic carbocycles. The Morgan fingerprint density at radius 1 is 1.08 bits per heavy atom. The highest BCUT2D eigenvalue weighted by Gasteiger charge is 2.12. The summed E-state index contributed by atoms with van der Waals surface area (Å²) >= 11 is 0. The predicted octanol–water partition coefficient (Wildman–Crippen LogP) is 3.05. The maximum absolute atomic E-state index is 12.3. The summed E-state index contributed by atoms with van der Waals surface area (Å²) in [6, 6.07) is 14.5. The molecular weight excluding hydrogens is 352 g/mol. The van der Waals surface area contributed by atoms with Crippen molar-refractivity contribution in [3.05, 3.63) is 72.8 Å². The molecule has 0 spiro atoms. The van der Waals surface area contributed by atoms with E-state index in [1.54, 1.807) is 41.1 Å². The van der Waals surface area contributed by atoms with Gasteiger partial charge in [-0.15, -0.1) is 12.4 Å². The number of halogens is 1. The number of rotatable bonds is 3. The van der Waals surface area contributed by atoms with Crippen molar-refractivity contribution in [2.24, 2.45) is 0 Å². The number of nitrogen functional groups attached to an aromatic ring is 1. The number of carbonyl (C=O) groups is 1. The van der Waals surface area contributed by atoms with Gasteiger partial charge in [0.1, 0.15) is 23.0 Å². The van der Waals surface area contributed by atoms with Gasteiger partial charge in [-0.1, -0.05) is 12.1 Å². The summed E-state index contributed by atoms with van der Waals surface area (Å²) in [5.74, 6) is 0.622. The summed E-state index contributed by atoms with van der Waals surface area (Å²) < 4.78 is 1.78. The molecule has 0 unspecified atom stereocenters. The van der Waals surface area contributed by atoms with Gasteiger partial charge in [-0.05, 0) is 36.4 Å². The minimum atomic E-state index is -0.314. The summed E-state index contributed by atoms with van der Waals surface area (Å²) in [5, 5.41) is 2.72. The fourth-order valence-corrected chi connectivity index (χ4v) is 2.48. The van der Waals surface area contributed by atoms with Crippen LogP contribution < -0.4 is 11.1 Å². The maximum Gasteiger partial charge on any atom is 0.277 e. The van der Waals surface area contributed by atoms with Crippen molar-refractivity contribution >= 4 is 35.6 Å². The number of nitrogens with two attached hydrogens (primary N) is 1. The van der Waals surface area contributed by atoms with E-state index in [0.717, 1.165) is 11.3 Å². The Kier molecular flexibility index (Phi) is 4.81. The van der Waals surface area contributed by atoms with Crippen LogP contribution in [0.5, 0.6) is 0 Å². The molecule has 4 rings (SSSR count). The summed E-state index contributed by atoms with van der Waals surface area (Å²) in [6.45, 7) is 0. The van der Waals surface area contributed by atoms with Crippen LogP contribution in [0.4, 0.5) is 11.6 Å². The van der Waals surface area contributed by atoms with Crippen molar-refractivity contribution in [1.29, 1.82) is 0 Å². The molecule has 4 aromatic heterocycles. The monoisotopic (exact) mass is 366 g/mol. The Morgan fingerprint density at radius 2 is 1.96 bits per heavy atom. The quantitative estimate of drug-likeness (QED) is 0.580. The number of fused-ring (bicyclic) bond motifs is 1. The summed E-state index contributed by atoms with van der Waals surface area (Å²) in [5.41, 5.74) is 8.32. The van der Waals surface area contributed by atoms with Crippen LogP contribution in [0.15, 0.2) is 67.1 Å². The maximum atomic E-state index is 12.3. The van der Waals surface area contributed by atoms with Crippen molar-refractivity contribution in [1.82, 2.24) is 19.4 Å². The van der Waals surface area contributed by atoms with Crippen molar-refractivity contribution in [2.45, 2.75) is 0 Å². The number of nitrogens with zero attached hydrogens (tertiary/aromatic N) is 4. The molecular formula is C18H15ClN6O. The molecule has 0 fully saturated rings. The Balaban J connectivity index is 0.00000196. The molecule has 4 aromatic rings. The van der Waals surface area contributed by atoms with Crippen molar-refractivity contribution in [3.63, 3.8) is 0 Å². The van der Waals surface area contributed by atoms with E-state index in [9.17, 15) is 4.79 Å². The van der Waals surface area contributed by atoms with Gasteiger partial charge in [0.05, 0.1) is 5.69 Å². The van der Waals surface area contributed by atoms with Crippen molar-refractivity contribution in [2.75, 3.05) is 11.1 Å². The molecule has 4 heterocycles. The number of aromatic nitrogens is 4. The lowest BCUT2D eigenvalue weighted by atomic mass is 10.2. The first-order chi connectivity index (χ1) is 12.2. The minimum Gasteiger partial charge on any atom is -0.384 e. The molecule has 0 saturated heterocycles. The number of carbonyl (C=O) groups excluding carboxylic acids is 1. The first-order valence-corrected chi connectivity index (χ1v) is 7.63. The van der Waals surface area contributed by atoms with Crippen LogP contribution in [-0.4, -0.2) is 25.3 Å². The summed E-state index contributed by atoms with van der Waals surface area (Å²) in [7, 11) is 0. The molecule has 3 N–H and O–H groups in total. The third-order valence-electron chi connectivity index (χ3n) is 3.67. The van der Waals surface area contributed by atoms with Gasteiger partial charge in [0, 0.05) is 24.2 Å². The molecule has 1 amide bonds. The first kappa shape index (κ1) is 17.4. The van der Waals surface area contributed by atoms with Crippen LogP contribution in [0.2, 0.25) is 0 Å². The largest absolute Gasteiger partial charge is 0.384 e. The lowest BCUT2D eigenvalue weighted by Gasteiger charge is -2.02. The summed E-state index contributed by atoms with van der Waals surface area (Å²) in [4.78, 5) is 25.1. The predicted molar refractivity (Wildman–Crippen MR) is 102 cm³/mol. The van der Waals surface area contributed by atoms with Gasteiger partial charge in [0.15, 0.2) is 0 Å². The van der Waals surface area contributed by atoms with E-state index in [2.05, 4.69) is 20.3 Å². The Labute approximate surface area is 155 Å². The Hall–Kier alpha value is -3.45. The van der Waals surface area contributed by atoms with Gasteiger partial charge >= 0.3 is 0 Å². The smallest absolute Gasteiger partial charge is 0.277 e. The lowest BCUT2D eigenvalue weighted by Crippen LogP contribution is -2.13. The van der Waals surface area contributed by atoms with E-state index >= 15 is 0 Å². The fraction of sp³-hybridized carbons (Fsp3) is 0. The summed E-state index contributed by atoms with van der Waals surface area (Å²) in [6.07, 6.45) is 5.12. The third kappa shape index (κ3) is 3.47. The molecule has 0 saturated carbocycles. The van der Waals surface area contributed by atoms with Crippen LogP contribution >= 0.6 is 12.4 Å². The van der Waals surface area contributed by atoms with E-state index < -0.39 is 0 Å². The van der Waals surface area contributed by atoms with E-state index in [4.69, 9.17) is 5.73 Å². The molecule has 0 aliphatic carbocycles. The number of hydrogen-bond donors (Lipinski definition) is 2. The highest BCUT2D eigenvalue weighted by Crippen LogP contribution is 2.20. The highest BCUT2D eigenvalue weighted by atomic mass is 35.5. The number of anilines is 2. The molecule has 0 radical (unpaired) electrons. The SMILES string of the molecule is Cl.Nc1cccc(-c2ccn3cc(C(=O)Nc4ccccn4)nc3c2)n1. The average Bonchev–Trinajstić information content (AvgIpc) is 3.06. The Bertz CT molecular complexity index is 1060. The normalized spacial score (nSPS) is 10.3. The first-order valence-electron chi connectivity index (χ1n) is 7.63. The van der Waals surface area contributed by atoms with E-state index in [1.165, 1.54) is 0 Å². The second-order valence-corrected chi connectivity index (χ2v) is 5.42. The molecule has 8 heteroatoms. The molecule has 0 bridgehead atoms. The number of nitrogens with one attached hydrogen (secondary N) is 1. The fourth-order valence-electron chi connectivity index (χ4n) is 2.48. The molecule has 130 valence electrons. The topological polar surface area (TPSA) is 98.2 Å². The van der Waals surface area contributed by atoms with Crippen molar-refractivity contribution < 1.29 is 4.79 Å². The number of pyridine rings is 3. The zero-order chi connectivity index (χ0) is 17.2. The second kappa shape index (κ2) is 7.20. The molecule has 0 aliphatic heterocycles. The lowest BCUT2D eigenvalue weighted by molar-refractivity contribution is 0.102. The number of hydrogen-bond acceptors (Lipinski definition) is 5. The van der Waals surface area contributed by atoms with Gasteiger partial charge in [-0.3, -0.25) is 4.79 Å². The van der Waals surface area contributed by atoms with Gasteiger partial charge in [0.2, 0.25) is 0 Å². The Morgan fingerprint density at radius 3 is 2.73 bits per heavy atom. The van der Waals surface area contributed by atoms with Gasteiger partial charge < -0.3 is 15.5 Å². The van der Waals surface area contributed by atoms with E-state index in [1.807, 2.05) is 30.5 Å². The zero-order valence-corrected chi connectivity index (χ0v) is 14.4. The molecule has 7 nitrogen and oxygen atoms in total. The molecule has 26 heavy (non-hydrogen) atoms. The van der Waals surface area contributed by atoms with Crippen LogP contribution in [-0.2, 0) is 0 Å². The second-order valence-electron chi connectivity index (χ2n) is 5.42. The average molecular weight is 367 g/mol. The minimum absolute atomic E-state index is 0. The zero-order valence-electron chi connectivity index (χ0n) is 13.5. The van der Waals surface area contributed by atoms with Gasteiger partial charge in [-0.25, -0.2) is 15.0 Å². The van der Waals surface area contributed by atoms with Crippen LogP contribution in [0.25, 0.3) is 16.9 Å². The number of amides is 1. The highest BCUT2D eigenvalue weighted by molar-refractivity contribution is 6.02. The van der Waals surface area contributed by atoms with Crippen LogP contribution in [0.3, 0.4) is 0 Å². The number of imidazole rings is 1. The van der Waals surface area contributed by atoms with E-state index in [0.29, 0.717) is 23.0 Å². The van der Waals surface area contributed by atoms with Gasteiger partial charge in [-0.2, -0.15) is 0 Å². The van der Waals surface area contributed by atoms with E-state index in [-0.39, 0.29) is 18.3 Å². The molecule has 0 aliphatic rings. The van der Waals surface area contributed by atoms with Gasteiger partial charge in [0.25, 0.3) is 5.91 Å². The third-order valence-corrected chi connectivity index (χ3v) is 3.67. The molecule has 0 atom stereocenters.